The first kappa shape index (κ1) is 13.4. The minimum atomic E-state index is -0.0586. The molecule has 17 heavy (non-hydrogen) atoms. The van der Waals surface area contributed by atoms with E-state index in [1.807, 2.05) is 0 Å². The largest absolute Gasteiger partial charge is 0.393 e. The van der Waals surface area contributed by atoms with Crippen molar-refractivity contribution in [3.63, 3.8) is 0 Å². The van der Waals surface area contributed by atoms with Gasteiger partial charge < -0.3 is 9.84 Å². The molecule has 0 radical (unpaired) electrons. The minimum absolute atomic E-state index is 0.0586. The smallest absolute Gasteiger partial charge is 0.0571 e. The first-order chi connectivity index (χ1) is 7.98. The highest BCUT2D eigenvalue weighted by Gasteiger charge is 2.38. The molecule has 1 saturated carbocycles. The quantitative estimate of drug-likeness (QED) is 0.762. The van der Waals surface area contributed by atoms with Gasteiger partial charge in [0.05, 0.1) is 6.10 Å². The van der Waals surface area contributed by atoms with Crippen LogP contribution in [0.4, 0.5) is 0 Å². The van der Waals surface area contributed by atoms with Crippen LogP contribution in [0.3, 0.4) is 0 Å². The van der Waals surface area contributed by atoms with Crippen molar-refractivity contribution >= 4 is 0 Å². The first-order valence-electron chi connectivity index (χ1n) is 7.24. The highest BCUT2D eigenvalue weighted by atomic mass is 16.5. The number of ether oxygens (including phenoxy) is 1. The van der Waals surface area contributed by atoms with Crippen molar-refractivity contribution < 1.29 is 9.84 Å². The fourth-order valence-corrected chi connectivity index (χ4v) is 3.63. The number of rotatable bonds is 1. The molecule has 0 aromatic carbocycles. The number of hydrogen-bond donors (Lipinski definition) is 1. The lowest BCUT2D eigenvalue weighted by molar-refractivity contribution is -0.0396. The van der Waals surface area contributed by atoms with Gasteiger partial charge in [0.1, 0.15) is 0 Å². The Balaban J connectivity index is 1.99. The molecule has 1 saturated heterocycles. The van der Waals surface area contributed by atoms with Crippen LogP contribution in [0, 0.1) is 23.2 Å². The van der Waals surface area contributed by atoms with Crippen LogP contribution < -0.4 is 0 Å². The van der Waals surface area contributed by atoms with E-state index in [-0.39, 0.29) is 6.10 Å². The van der Waals surface area contributed by atoms with Gasteiger partial charge in [0, 0.05) is 13.2 Å². The van der Waals surface area contributed by atoms with Crippen molar-refractivity contribution in [1.82, 2.24) is 0 Å². The molecule has 2 nitrogen and oxygen atoms in total. The minimum Gasteiger partial charge on any atom is -0.393 e. The molecule has 1 N–H and O–H groups in total. The zero-order valence-corrected chi connectivity index (χ0v) is 11.6. The molecule has 2 heteroatoms. The molecule has 2 aliphatic rings. The summed E-state index contributed by atoms with van der Waals surface area (Å²) >= 11 is 0. The van der Waals surface area contributed by atoms with E-state index >= 15 is 0 Å². The molecule has 3 unspecified atom stereocenters. The summed E-state index contributed by atoms with van der Waals surface area (Å²) in [5.41, 5.74) is 0.392. The number of aliphatic hydroxyl groups is 1. The predicted octanol–water partition coefficient (Wildman–Crippen LogP) is 3.24. The summed E-state index contributed by atoms with van der Waals surface area (Å²) < 4.78 is 5.44. The van der Waals surface area contributed by atoms with E-state index in [4.69, 9.17) is 4.74 Å². The second kappa shape index (κ2) is 5.27. The van der Waals surface area contributed by atoms with E-state index in [0.717, 1.165) is 38.4 Å². The van der Waals surface area contributed by atoms with Gasteiger partial charge in [-0.3, -0.25) is 0 Å². The summed E-state index contributed by atoms with van der Waals surface area (Å²) in [4.78, 5) is 0. The molecular weight excluding hydrogens is 212 g/mol. The van der Waals surface area contributed by atoms with Gasteiger partial charge in [-0.15, -0.1) is 0 Å². The molecule has 1 aliphatic heterocycles. The number of aliphatic hydroxyl groups excluding tert-OH is 1. The van der Waals surface area contributed by atoms with Crippen molar-refractivity contribution in [2.45, 2.75) is 59.0 Å². The van der Waals surface area contributed by atoms with Gasteiger partial charge in [0.2, 0.25) is 0 Å². The Morgan fingerprint density at radius 1 is 1.00 bits per heavy atom. The highest BCUT2D eigenvalue weighted by molar-refractivity contribution is 4.89. The van der Waals surface area contributed by atoms with Gasteiger partial charge in [-0.1, -0.05) is 20.8 Å². The third kappa shape index (κ3) is 3.23. The van der Waals surface area contributed by atoms with Gasteiger partial charge in [0.25, 0.3) is 0 Å². The van der Waals surface area contributed by atoms with E-state index < -0.39 is 0 Å². The lowest BCUT2D eigenvalue weighted by Crippen LogP contribution is -2.40. The molecule has 1 heterocycles. The van der Waals surface area contributed by atoms with E-state index in [0.29, 0.717) is 17.3 Å². The van der Waals surface area contributed by atoms with Gasteiger partial charge in [-0.25, -0.2) is 0 Å². The topological polar surface area (TPSA) is 29.5 Å². The van der Waals surface area contributed by atoms with Gasteiger partial charge in [0.15, 0.2) is 0 Å². The van der Waals surface area contributed by atoms with E-state index in [1.165, 1.54) is 12.8 Å². The molecule has 2 fully saturated rings. The summed E-state index contributed by atoms with van der Waals surface area (Å²) in [5.74, 6) is 2.00. The molecule has 2 rings (SSSR count). The third-order valence-corrected chi connectivity index (χ3v) is 4.96. The van der Waals surface area contributed by atoms with Crippen LogP contribution in [0.1, 0.15) is 52.9 Å². The van der Waals surface area contributed by atoms with E-state index in [1.54, 1.807) is 0 Å². The van der Waals surface area contributed by atoms with E-state index in [9.17, 15) is 5.11 Å². The summed E-state index contributed by atoms with van der Waals surface area (Å²) in [7, 11) is 0. The molecule has 0 amide bonds. The molecule has 1 aliphatic carbocycles. The lowest BCUT2D eigenvalue weighted by atomic mass is 9.64. The Morgan fingerprint density at radius 2 is 1.65 bits per heavy atom. The molecule has 0 bridgehead atoms. The van der Waals surface area contributed by atoms with E-state index in [2.05, 4.69) is 20.8 Å². The average Bonchev–Trinajstić information content (AvgIpc) is 2.29. The van der Waals surface area contributed by atoms with Crippen molar-refractivity contribution in [3.05, 3.63) is 0 Å². The molecule has 100 valence electrons. The summed E-state index contributed by atoms with van der Waals surface area (Å²) in [6.07, 6.45) is 5.66. The fourth-order valence-electron chi connectivity index (χ4n) is 3.63. The predicted molar refractivity (Wildman–Crippen MR) is 69.8 cm³/mol. The van der Waals surface area contributed by atoms with Crippen molar-refractivity contribution in [2.75, 3.05) is 13.2 Å². The zero-order valence-electron chi connectivity index (χ0n) is 11.6. The average molecular weight is 240 g/mol. The van der Waals surface area contributed by atoms with Crippen LogP contribution in [0.5, 0.6) is 0 Å². The fraction of sp³-hybridized carbons (Fsp3) is 1.00. The molecular formula is C15H28O2. The Morgan fingerprint density at radius 3 is 2.24 bits per heavy atom. The van der Waals surface area contributed by atoms with Gasteiger partial charge in [-0.05, 0) is 55.3 Å². The zero-order chi connectivity index (χ0) is 12.5. The standard InChI is InChI=1S/C15H28O2/c1-15(2,3)12-4-5-14(16)13(10-12)11-6-8-17-9-7-11/h11-14,16H,4-10H2,1-3H3. The Bertz CT molecular complexity index is 238. The van der Waals surface area contributed by atoms with Gasteiger partial charge in [-0.2, -0.15) is 0 Å². The molecule has 0 aromatic heterocycles. The second-order valence-electron chi connectivity index (χ2n) is 7.06. The summed E-state index contributed by atoms with van der Waals surface area (Å²) in [5, 5.41) is 10.3. The monoisotopic (exact) mass is 240 g/mol. The molecule has 3 atom stereocenters. The SMILES string of the molecule is CC(C)(C)C1CCC(O)C(C2CCOCC2)C1. The maximum absolute atomic E-state index is 10.3. The maximum Gasteiger partial charge on any atom is 0.0571 e. The highest BCUT2D eigenvalue weighted by Crippen LogP contribution is 2.44. The molecule has 0 spiro atoms. The van der Waals surface area contributed by atoms with Gasteiger partial charge >= 0.3 is 0 Å². The summed E-state index contributed by atoms with van der Waals surface area (Å²) in [6.45, 7) is 8.82. The number of hydrogen-bond acceptors (Lipinski definition) is 2. The van der Waals surface area contributed by atoms with Crippen molar-refractivity contribution in [3.8, 4) is 0 Å². The maximum atomic E-state index is 10.3. The third-order valence-electron chi connectivity index (χ3n) is 4.96. The molecule has 0 aromatic rings. The summed E-state index contributed by atoms with van der Waals surface area (Å²) in [6, 6.07) is 0. The van der Waals surface area contributed by atoms with Crippen LogP contribution >= 0.6 is 0 Å². The Hall–Kier alpha value is -0.0800. The van der Waals surface area contributed by atoms with Crippen molar-refractivity contribution in [1.29, 1.82) is 0 Å². The first-order valence-corrected chi connectivity index (χ1v) is 7.24. The van der Waals surface area contributed by atoms with Crippen LogP contribution in [-0.2, 0) is 4.74 Å². The van der Waals surface area contributed by atoms with Crippen LogP contribution in [0.25, 0.3) is 0 Å². The second-order valence-corrected chi connectivity index (χ2v) is 7.06. The Labute approximate surface area is 106 Å². The Kier molecular flexibility index (Phi) is 4.14. The van der Waals surface area contributed by atoms with Crippen LogP contribution in [0.2, 0.25) is 0 Å². The normalized spacial score (nSPS) is 37.1. The van der Waals surface area contributed by atoms with Crippen molar-refractivity contribution in [2.24, 2.45) is 23.2 Å². The lowest BCUT2D eigenvalue weighted by Gasteiger charge is -2.44. The van der Waals surface area contributed by atoms with Crippen LogP contribution in [-0.4, -0.2) is 24.4 Å². The van der Waals surface area contributed by atoms with Crippen LogP contribution in [0.15, 0.2) is 0 Å².